The van der Waals surface area contributed by atoms with Gasteiger partial charge in [-0.1, -0.05) is 72.8 Å². The van der Waals surface area contributed by atoms with E-state index in [9.17, 15) is 0 Å². The third-order valence-electron chi connectivity index (χ3n) is 2.87. The maximum atomic E-state index is 3.53. The summed E-state index contributed by atoms with van der Waals surface area (Å²) in [6, 6.07) is 20.9. The molecule has 0 saturated carbocycles. The van der Waals surface area contributed by atoms with Gasteiger partial charge in [0.05, 0.1) is 5.37 Å². The number of thioether (sulfide) groups is 1. The van der Waals surface area contributed by atoms with Crippen LogP contribution in [0.25, 0.3) is 6.08 Å². The van der Waals surface area contributed by atoms with Gasteiger partial charge in [-0.3, -0.25) is 5.32 Å². The van der Waals surface area contributed by atoms with Gasteiger partial charge in [-0.25, -0.2) is 0 Å². The van der Waals surface area contributed by atoms with Crippen molar-refractivity contribution >= 4 is 17.8 Å². The van der Waals surface area contributed by atoms with Gasteiger partial charge in [0.2, 0.25) is 0 Å². The van der Waals surface area contributed by atoms with Crippen molar-refractivity contribution in [3.8, 4) is 0 Å². The molecule has 0 fully saturated rings. The van der Waals surface area contributed by atoms with Gasteiger partial charge in [-0.05, 0) is 17.4 Å². The number of hydrogen-bond acceptors (Lipinski definition) is 2. The topological polar surface area (TPSA) is 12.0 Å². The maximum Gasteiger partial charge on any atom is 0.0722 e. The SMILES string of the molecule is CSC(C=Cc1ccccc1)NCc1ccccc1. The first kappa shape index (κ1) is 13.9. The summed E-state index contributed by atoms with van der Waals surface area (Å²) in [6.07, 6.45) is 6.50. The van der Waals surface area contributed by atoms with Crippen LogP contribution in [-0.4, -0.2) is 11.6 Å². The molecular formula is C17H19NS. The zero-order valence-electron chi connectivity index (χ0n) is 11.1. The molecule has 2 rings (SSSR count). The molecule has 0 spiro atoms. The quantitative estimate of drug-likeness (QED) is 0.790. The van der Waals surface area contributed by atoms with Crippen LogP contribution < -0.4 is 5.32 Å². The Balaban J connectivity index is 1.88. The highest BCUT2D eigenvalue weighted by atomic mass is 32.2. The van der Waals surface area contributed by atoms with Crippen molar-refractivity contribution < 1.29 is 0 Å². The summed E-state index contributed by atoms with van der Waals surface area (Å²) in [4.78, 5) is 0. The molecule has 0 aliphatic heterocycles. The number of hydrogen-bond donors (Lipinski definition) is 1. The molecule has 0 bridgehead atoms. The molecule has 1 atom stereocenters. The Morgan fingerprint density at radius 3 is 2.26 bits per heavy atom. The Morgan fingerprint density at radius 2 is 1.63 bits per heavy atom. The van der Waals surface area contributed by atoms with Gasteiger partial charge in [0.25, 0.3) is 0 Å². The molecule has 0 aliphatic rings. The van der Waals surface area contributed by atoms with E-state index in [1.807, 2.05) is 23.9 Å². The maximum absolute atomic E-state index is 3.53. The van der Waals surface area contributed by atoms with Gasteiger partial charge in [0.1, 0.15) is 0 Å². The van der Waals surface area contributed by atoms with Crippen LogP contribution >= 0.6 is 11.8 Å². The molecular weight excluding hydrogens is 250 g/mol. The van der Waals surface area contributed by atoms with Crippen LogP contribution in [-0.2, 0) is 6.54 Å². The molecule has 0 saturated heterocycles. The molecule has 2 heteroatoms. The van der Waals surface area contributed by atoms with Crippen molar-refractivity contribution in [2.75, 3.05) is 6.26 Å². The van der Waals surface area contributed by atoms with Gasteiger partial charge in [-0.2, -0.15) is 0 Å². The normalized spacial score (nSPS) is 12.7. The van der Waals surface area contributed by atoms with Crippen LogP contribution in [0, 0.1) is 0 Å². The summed E-state index contributed by atoms with van der Waals surface area (Å²) >= 11 is 1.81. The number of rotatable bonds is 6. The minimum Gasteiger partial charge on any atom is -0.298 e. The summed E-state index contributed by atoms with van der Waals surface area (Å²) < 4.78 is 0. The second kappa shape index (κ2) is 7.82. The molecule has 1 N–H and O–H groups in total. The fourth-order valence-corrected chi connectivity index (χ4v) is 2.29. The first-order chi connectivity index (χ1) is 9.38. The molecule has 0 aromatic heterocycles. The predicted octanol–water partition coefficient (Wildman–Crippen LogP) is 4.18. The highest BCUT2D eigenvalue weighted by molar-refractivity contribution is 7.99. The number of nitrogens with one attached hydrogen (secondary N) is 1. The van der Waals surface area contributed by atoms with E-state index in [4.69, 9.17) is 0 Å². The van der Waals surface area contributed by atoms with Gasteiger partial charge in [0.15, 0.2) is 0 Å². The van der Waals surface area contributed by atoms with E-state index in [0.29, 0.717) is 5.37 Å². The standard InChI is InChI=1S/C17H19NS/c1-19-17(13-12-15-8-4-2-5-9-15)18-14-16-10-6-3-7-11-16/h2-13,17-18H,14H2,1H3. The lowest BCUT2D eigenvalue weighted by Gasteiger charge is -2.12. The lowest BCUT2D eigenvalue weighted by Crippen LogP contribution is -2.22. The van der Waals surface area contributed by atoms with Crippen molar-refractivity contribution in [2.45, 2.75) is 11.9 Å². The lowest BCUT2D eigenvalue weighted by atomic mass is 10.2. The summed E-state index contributed by atoms with van der Waals surface area (Å²) in [5.74, 6) is 0. The van der Waals surface area contributed by atoms with Gasteiger partial charge < -0.3 is 0 Å². The fourth-order valence-electron chi connectivity index (χ4n) is 1.81. The zero-order chi connectivity index (χ0) is 13.3. The Hall–Kier alpha value is -1.51. The van der Waals surface area contributed by atoms with Crippen LogP contribution in [0.5, 0.6) is 0 Å². The molecule has 2 aromatic rings. The Kier molecular flexibility index (Phi) is 5.73. The molecule has 0 aliphatic carbocycles. The third-order valence-corrected chi connectivity index (χ3v) is 3.70. The average Bonchev–Trinajstić information content (AvgIpc) is 2.49. The van der Waals surface area contributed by atoms with Crippen LogP contribution in [0.3, 0.4) is 0 Å². The third kappa shape index (κ3) is 4.93. The summed E-state index contributed by atoms with van der Waals surface area (Å²) in [5.41, 5.74) is 2.55. The molecule has 1 unspecified atom stereocenters. The van der Waals surface area contributed by atoms with Crippen LogP contribution in [0.4, 0.5) is 0 Å². The Bertz CT molecular complexity index is 493. The monoisotopic (exact) mass is 269 g/mol. The Labute approximate surface area is 119 Å². The van der Waals surface area contributed by atoms with Crippen LogP contribution in [0.2, 0.25) is 0 Å². The van der Waals surface area contributed by atoms with E-state index in [2.05, 4.69) is 72.3 Å². The second-order valence-corrected chi connectivity index (χ2v) is 5.27. The summed E-state index contributed by atoms with van der Waals surface area (Å²) in [5, 5.41) is 3.87. The zero-order valence-corrected chi connectivity index (χ0v) is 11.9. The fraction of sp³-hybridized carbons (Fsp3) is 0.176. The van der Waals surface area contributed by atoms with Crippen LogP contribution in [0.1, 0.15) is 11.1 Å². The molecule has 98 valence electrons. The van der Waals surface area contributed by atoms with E-state index < -0.39 is 0 Å². The van der Waals surface area contributed by atoms with E-state index in [1.54, 1.807) is 0 Å². The average molecular weight is 269 g/mol. The Morgan fingerprint density at radius 1 is 1.00 bits per heavy atom. The second-order valence-electron chi connectivity index (χ2n) is 4.29. The molecule has 0 amide bonds. The number of benzene rings is 2. The molecule has 0 heterocycles. The largest absolute Gasteiger partial charge is 0.298 e. The van der Waals surface area contributed by atoms with Gasteiger partial charge in [0, 0.05) is 6.54 Å². The van der Waals surface area contributed by atoms with Crippen molar-refractivity contribution in [1.82, 2.24) is 5.32 Å². The minimum atomic E-state index is 0.334. The van der Waals surface area contributed by atoms with E-state index >= 15 is 0 Å². The van der Waals surface area contributed by atoms with E-state index in [1.165, 1.54) is 11.1 Å². The predicted molar refractivity (Wildman–Crippen MR) is 86.1 cm³/mol. The first-order valence-electron chi connectivity index (χ1n) is 6.42. The summed E-state index contributed by atoms with van der Waals surface area (Å²) in [6.45, 7) is 0.894. The first-order valence-corrected chi connectivity index (χ1v) is 7.70. The molecule has 1 nitrogen and oxygen atoms in total. The van der Waals surface area contributed by atoms with E-state index in [-0.39, 0.29) is 0 Å². The van der Waals surface area contributed by atoms with Crippen LogP contribution in [0.15, 0.2) is 66.7 Å². The van der Waals surface area contributed by atoms with E-state index in [0.717, 1.165) is 6.54 Å². The summed E-state index contributed by atoms with van der Waals surface area (Å²) in [7, 11) is 0. The highest BCUT2D eigenvalue weighted by Gasteiger charge is 2.01. The van der Waals surface area contributed by atoms with Gasteiger partial charge in [-0.15, -0.1) is 11.8 Å². The van der Waals surface area contributed by atoms with Crippen molar-refractivity contribution in [3.05, 3.63) is 77.9 Å². The van der Waals surface area contributed by atoms with Gasteiger partial charge >= 0.3 is 0 Å². The lowest BCUT2D eigenvalue weighted by molar-refractivity contribution is 0.727. The van der Waals surface area contributed by atoms with Crippen molar-refractivity contribution in [2.24, 2.45) is 0 Å². The molecule has 2 aromatic carbocycles. The van der Waals surface area contributed by atoms with Crippen molar-refractivity contribution in [3.63, 3.8) is 0 Å². The molecule has 19 heavy (non-hydrogen) atoms. The highest BCUT2D eigenvalue weighted by Crippen LogP contribution is 2.10. The van der Waals surface area contributed by atoms with Crippen molar-refractivity contribution in [1.29, 1.82) is 0 Å². The molecule has 0 radical (unpaired) electrons. The smallest absolute Gasteiger partial charge is 0.0722 e. The minimum absolute atomic E-state index is 0.334.